The highest BCUT2D eigenvalue weighted by Gasteiger charge is 2.21. The Morgan fingerprint density at radius 2 is 2.09 bits per heavy atom. The number of anilines is 1. The van der Waals surface area contributed by atoms with Crippen LogP contribution in [0.1, 0.15) is 62.3 Å². The first kappa shape index (κ1) is 21.6. The standard InChI is InChI=1S/C26H28N4O2/c1-2-32-26(19-8-9-19)24-14-11-21(17-28-24)23(13-7-18-5-3-4-6-18)30-29-22-12-10-20(16-27)25(31)15-22/h7,10-15,17-18,29,31H,2-6,8-9H2,1H3/b13-7+,30-23+. The highest BCUT2D eigenvalue weighted by Crippen LogP contribution is 2.36. The molecule has 6 heteroatoms. The lowest BCUT2D eigenvalue weighted by Crippen LogP contribution is -2.04. The van der Waals surface area contributed by atoms with Crippen LogP contribution in [0.25, 0.3) is 5.76 Å². The molecule has 32 heavy (non-hydrogen) atoms. The lowest BCUT2D eigenvalue weighted by Gasteiger charge is -2.10. The molecule has 6 nitrogen and oxygen atoms in total. The Morgan fingerprint density at radius 3 is 2.72 bits per heavy atom. The van der Waals surface area contributed by atoms with Gasteiger partial charge in [0.15, 0.2) is 0 Å². The van der Waals surface area contributed by atoms with Gasteiger partial charge in [0.25, 0.3) is 0 Å². The minimum absolute atomic E-state index is 0.0710. The fourth-order valence-electron chi connectivity index (χ4n) is 3.87. The number of phenols is 1. The van der Waals surface area contributed by atoms with Crippen LogP contribution in [0.4, 0.5) is 5.69 Å². The lowest BCUT2D eigenvalue weighted by atomic mass is 10.1. The fraction of sp³-hybridized carbons (Fsp3) is 0.346. The minimum atomic E-state index is -0.0710. The van der Waals surface area contributed by atoms with E-state index in [-0.39, 0.29) is 11.3 Å². The monoisotopic (exact) mass is 428 g/mol. The molecule has 2 fully saturated rings. The zero-order chi connectivity index (χ0) is 22.3. The number of nitrogens with zero attached hydrogens (tertiary/aromatic N) is 3. The molecule has 164 valence electrons. The van der Waals surface area contributed by atoms with E-state index >= 15 is 0 Å². The van der Waals surface area contributed by atoms with Crippen molar-refractivity contribution in [3.8, 4) is 11.8 Å². The Balaban J connectivity index is 1.59. The number of ether oxygens (including phenoxy) is 1. The Hall–Kier alpha value is -3.59. The summed E-state index contributed by atoms with van der Waals surface area (Å²) in [6.07, 6.45) is 13.2. The minimum Gasteiger partial charge on any atom is -0.506 e. The van der Waals surface area contributed by atoms with E-state index < -0.39 is 0 Å². The van der Waals surface area contributed by atoms with Crippen molar-refractivity contribution in [3.63, 3.8) is 0 Å². The van der Waals surface area contributed by atoms with Gasteiger partial charge in [-0.3, -0.25) is 10.4 Å². The molecule has 1 heterocycles. The van der Waals surface area contributed by atoms with Crippen LogP contribution in [0.2, 0.25) is 0 Å². The van der Waals surface area contributed by atoms with Gasteiger partial charge in [-0.1, -0.05) is 18.9 Å². The van der Waals surface area contributed by atoms with Crippen LogP contribution in [0, 0.1) is 17.2 Å². The molecular formula is C26H28N4O2. The van der Waals surface area contributed by atoms with Gasteiger partial charge in [0.05, 0.1) is 23.6 Å². The van der Waals surface area contributed by atoms with Crippen molar-refractivity contribution in [3.05, 3.63) is 71.1 Å². The zero-order valence-corrected chi connectivity index (χ0v) is 18.3. The maximum Gasteiger partial charge on any atom is 0.144 e. The molecule has 1 aromatic carbocycles. The van der Waals surface area contributed by atoms with E-state index in [4.69, 9.17) is 10.00 Å². The number of phenolic OH excluding ortho intramolecular Hbond substituents is 1. The Morgan fingerprint density at radius 1 is 1.28 bits per heavy atom. The largest absolute Gasteiger partial charge is 0.506 e. The number of pyridine rings is 1. The second kappa shape index (κ2) is 10.1. The molecular weight excluding hydrogens is 400 g/mol. The summed E-state index contributed by atoms with van der Waals surface area (Å²) in [5.74, 6) is 1.42. The number of rotatable bonds is 8. The highest BCUT2D eigenvalue weighted by molar-refractivity contribution is 6.08. The number of aromatic hydroxyl groups is 1. The van der Waals surface area contributed by atoms with Crippen molar-refractivity contribution in [2.75, 3.05) is 12.0 Å². The van der Waals surface area contributed by atoms with Crippen LogP contribution in [-0.4, -0.2) is 22.4 Å². The van der Waals surface area contributed by atoms with Gasteiger partial charge in [-0.05, 0) is 74.4 Å². The van der Waals surface area contributed by atoms with Crippen LogP contribution in [0.5, 0.6) is 5.75 Å². The third-order valence-corrected chi connectivity index (χ3v) is 5.75. The molecule has 1 aromatic heterocycles. The molecule has 0 radical (unpaired) electrons. The van der Waals surface area contributed by atoms with Gasteiger partial charge in [-0.15, -0.1) is 0 Å². The molecule has 0 atom stereocenters. The summed E-state index contributed by atoms with van der Waals surface area (Å²) in [6.45, 7) is 2.61. The summed E-state index contributed by atoms with van der Waals surface area (Å²) in [6, 6.07) is 10.7. The van der Waals surface area contributed by atoms with Crippen LogP contribution >= 0.6 is 0 Å². The molecule has 2 saturated carbocycles. The first-order valence-corrected chi connectivity index (χ1v) is 11.2. The molecule has 0 unspecified atom stereocenters. The molecule has 2 N–H and O–H groups in total. The average molecular weight is 429 g/mol. The van der Waals surface area contributed by atoms with Gasteiger partial charge in [0.1, 0.15) is 23.3 Å². The second-order valence-electron chi connectivity index (χ2n) is 8.15. The average Bonchev–Trinajstić information content (AvgIpc) is 3.52. The number of nitrogens with one attached hydrogen (secondary N) is 1. The van der Waals surface area contributed by atoms with E-state index in [2.05, 4.69) is 21.6 Å². The fourth-order valence-corrected chi connectivity index (χ4v) is 3.87. The second-order valence-corrected chi connectivity index (χ2v) is 8.15. The topological polar surface area (TPSA) is 90.5 Å². The van der Waals surface area contributed by atoms with Crippen LogP contribution in [0.15, 0.2) is 59.4 Å². The maximum absolute atomic E-state index is 9.95. The van der Waals surface area contributed by atoms with Crippen molar-refractivity contribution in [2.24, 2.45) is 11.0 Å². The lowest BCUT2D eigenvalue weighted by molar-refractivity contribution is 0.295. The molecule has 0 saturated heterocycles. The van der Waals surface area contributed by atoms with E-state index in [1.807, 2.05) is 37.4 Å². The molecule has 0 aliphatic heterocycles. The van der Waals surface area contributed by atoms with Gasteiger partial charge in [-0.25, -0.2) is 0 Å². The summed E-state index contributed by atoms with van der Waals surface area (Å²) in [5, 5.41) is 23.5. The van der Waals surface area contributed by atoms with Gasteiger partial charge in [0.2, 0.25) is 0 Å². The van der Waals surface area contributed by atoms with Crippen molar-refractivity contribution < 1.29 is 9.84 Å². The molecule has 4 rings (SSSR count). The van der Waals surface area contributed by atoms with E-state index in [0.29, 0.717) is 18.2 Å². The third kappa shape index (κ3) is 5.36. The van der Waals surface area contributed by atoms with Gasteiger partial charge in [-0.2, -0.15) is 10.4 Å². The normalized spacial score (nSPS) is 16.2. The van der Waals surface area contributed by atoms with Crippen molar-refractivity contribution in [2.45, 2.75) is 45.4 Å². The maximum atomic E-state index is 9.95. The van der Waals surface area contributed by atoms with Gasteiger partial charge < -0.3 is 9.84 Å². The molecule has 2 aromatic rings. The smallest absolute Gasteiger partial charge is 0.144 e. The Labute approximate surface area is 189 Å². The van der Waals surface area contributed by atoms with E-state index in [9.17, 15) is 5.11 Å². The Bertz CT molecular complexity index is 1080. The van der Waals surface area contributed by atoms with E-state index in [1.54, 1.807) is 12.1 Å². The number of nitriles is 1. The Kier molecular flexibility index (Phi) is 6.86. The predicted molar refractivity (Wildman–Crippen MR) is 126 cm³/mol. The summed E-state index contributed by atoms with van der Waals surface area (Å²) in [4.78, 5) is 4.65. The summed E-state index contributed by atoms with van der Waals surface area (Å²) >= 11 is 0. The molecule has 0 spiro atoms. The summed E-state index contributed by atoms with van der Waals surface area (Å²) in [5.41, 5.74) is 7.67. The third-order valence-electron chi connectivity index (χ3n) is 5.75. The number of hydrogen-bond acceptors (Lipinski definition) is 6. The zero-order valence-electron chi connectivity index (χ0n) is 18.3. The van der Waals surface area contributed by atoms with Crippen molar-refractivity contribution in [1.82, 2.24) is 4.98 Å². The number of allylic oxidation sites excluding steroid dienone is 3. The highest BCUT2D eigenvalue weighted by atomic mass is 16.5. The van der Waals surface area contributed by atoms with Crippen LogP contribution in [0.3, 0.4) is 0 Å². The van der Waals surface area contributed by atoms with Crippen molar-refractivity contribution >= 4 is 17.2 Å². The predicted octanol–water partition coefficient (Wildman–Crippen LogP) is 5.76. The number of hydrazone groups is 1. The van der Waals surface area contributed by atoms with Gasteiger partial charge in [0, 0.05) is 17.8 Å². The number of benzene rings is 1. The quantitative estimate of drug-likeness (QED) is 0.317. The molecule has 0 amide bonds. The van der Waals surface area contributed by atoms with E-state index in [1.165, 1.54) is 37.3 Å². The molecule has 2 aliphatic carbocycles. The van der Waals surface area contributed by atoms with E-state index in [0.717, 1.165) is 35.6 Å². The summed E-state index contributed by atoms with van der Waals surface area (Å²) in [7, 11) is 0. The van der Waals surface area contributed by atoms with Crippen LogP contribution < -0.4 is 5.43 Å². The SMILES string of the molecule is CCOC(=C1CC1)c1ccc(C(/C=C/C2CCCC2)=N/Nc2ccc(C#N)c(O)c2)cn1. The first-order valence-electron chi connectivity index (χ1n) is 11.2. The summed E-state index contributed by atoms with van der Waals surface area (Å²) < 4.78 is 5.82. The molecule has 0 bridgehead atoms. The molecule has 2 aliphatic rings. The first-order chi connectivity index (χ1) is 15.7. The van der Waals surface area contributed by atoms with Crippen LogP contribution in [-0.2, 0) is 4.74 Å². The number of hydrogen-bond donors (Lipinski definition) is 2. The van der Waals surface area contributed by atoms with Crippen molar-refractivity contribution in [1.29, 1.82) is 5.26 Å². The van der Waals surface area contributed by atoms with Gasteiger partial charge >= 0.3 is 0 Å². The number of aromatic nitrogens is 1.